The Labute approximate surface area is 200 Å². The molecular formula is C29H28N4O. The summed E-state index contributed by atoms with van der Waals surface area (Å²) in [5, 5.41) is 1.06. The molecule has 2 aliphatic rings. The smallest absolute Gasteiger partial charge is 0.254 e. The zero-order valence-electron chi connectivity index (χ0n) is 19.4. The second-order valence-corrected chi connectivity index (χ2v) is 9.67. The molecule has 0 saturated carbocycles. The van der Waals surface area contributed by atoms with Crippen LogP contribution >= 0.6 is 0 Å². The summed E-state index contributed by atoms with van der Waals surface area (Å²) in [6.07, 6.45) is 3.08. The van der Waals surface area contributed by atoms with Gasteiger partial charge in [-0.25, -0.2) is 9.97 Å². The molecule has 6 rings (SSSR count). The van der Waals surface area contributed by atoms with Crippen LogP contribution in [0.5, 0.6) is 0 Å². The summed E-state index contributed by atoms with van der Waals surface area (Å²) in [4.78, 5) is 27.6. The summed E-state index contributed by atoms with van der Waals surface area (Å²) >= 11 is 0. The number of para-hydroxylation sites is 1. The minimum atomic E-state index is 0.143. The molecule has 3 heterocycles. The van der Waals surface area contributed by atoms with Crippen molar-refractivity contribution in [3.8, 4) is 11.1 Å². The molecule has 2 fully saturated rings. The molecule has 0 N–H and O–H groups in total. The van der Waals surface area contributed by atoms with Crippen molar-refractivity contribution >= 4 is 22.8 Å². The molecule has 34 heavy (non-hydrogen) atoms. The quantitative estimate of drug-likeness (QED) is 0.432. The van der Waals surface area contributed by atoms with Gasteiger partial charge in [0, 0.05) is 43.3 Å². The number of hydrogen-bond acceptors (Lipinski definition) is 4. The molecule has 4 aromatic rings. The molecule has 0 aliphatic carbocycles. The maximum atomic E-state index is 13.7. The fraction of sp³-hybridized carbons (Fsp3) is 0.276. The minimum Gasteiger partial charge on any atom is -0.340 e. The molecule has 5 heteroatoms. The van der Waals surface area contributed by atoms with Crippen LogP contribution in [0.15, 0.2) is 79.0 Å². The van der Waals surface area contributed by atoms with E-state index in [0.29, 0.717) is 11.8 Å². The van der Waals surface area contributed by atoms with E-state index in [1.54, 1.807) is 0 Å². The summed E-state index contributed by atoms with van der Waals surface area (Å²) in [6.45, 7) is 5.44. The Hall–Kier alpha value is -3.73. The van der Waals surface area contributed by atoms with Crippen molar-refractivity contribution in [3.05, 3.63) is 90.1 Å². The van der Waals surface area contributed by atoms with Crippen LogP contribution < -0.4 is 4.90 Å². The third-order valence-corrected chi connectivity index (χ3v) is 7.22. The largest absolute Gasteiger partial charge is 0.340 e. The number of rotatable bonds is 3. The fourth-order valence-corrected chi connectivity index (χ4v) is 5.67. The number of fused-ring (bicyclic) bond motifs is 3. The van der Waals surface area contributed by atoms with Crippen LogP contribution in [0.1, 0.15) is 22.3 Å². The molecule has 2 saturated heterocycles. The SMILES string of the molecule is Cc1ccccc1-c1ccccc1C(=O)N1CC2CC(C1)CN(c1ncc3ccccc3n1)C2. The molecule has 1 aromatic heterocycles. The lowest BCUT2D eigenvalue weighted by Crippen LogP contribution is -2.54. The Morgan fingerprint density at radius 1 is 0.824 bits per heavy atom. The van der Waals surface area contributed by atoms with Crippen LogP contribution in [0.25, 0.3) is 22.0 Å². The van der Waals surface area contributed by atoms with Crippen LogP contribution in [0.3, 0.4) is 0 Å². The van der Waals surface area contributed by atoms with Crippen LogP contribution in [-0.4, -0.2) is 47.0 Å². The first-order valence-electron chi connectivity index (χ1n) is 12.1. The first-order chi connectivity index (χ1) is 16.7. The van der Waals surface area contributed by atoms with Crippen LogP contribution in [0, 0.1) is 18.8 Å². The maximum absolute atomic E-state index is 13.7. The van der Waals surface area contributed by atoms with Gasteiger partial charge in [0.1, 0.15) is 0 Å². The average molecular weight is 449 g/mol. The van der Waals surface area contributed by atoms with Gasteiger partial charge >= 0.3 is 0 Å². The van der Waals surface area contributed by atoms with Gasteiger partial charge in [0.05, 0.1) is 5.52 Å². The number of anilines is 1. The van der Waals surface area contributed by atoms with E-state index >= 15 is 0 Å². The summed E-state index contributed by atoms with van der Waals surface area (Å²) in [6, 6.07) is 24.4. The topological polar surface area (TPSA) is 49.3 Å². The number of carbonyl (C=O) groups excluding carboxylic acids is 1. The van der Waals surface area contributed by atoms with Gasteiger partial charge in [-0.3, -0.25) is 4.79 Å². The van der Waals surface area contributed by atoms with E-state index in [-0.39, 0.29) is 5.91 Å². The van der Waals surface area contributed by atoms with Crippen molar-refractivity contribution in [2.75, 3.05) is 31.1 Å². The zero-order valence-corrected chi connectivity index (χ0v) is 19.4. The lowest BCUT2D eigenvalue weighted by molar-refractivity contribution is 0.0564. The summed E-state index contributed by atoms with van der Waals surface area (Å²) in [7, 11) is 0. The highest BCUT2D eigenvalue weighted by Gasteiger charge is 2.37. The predicted octanol–water partition coefficient (Wildman–Crippen LogP) is 5.20. The summed E-state index contributed by atoms with van der Waals surface area (Å²) < 4.78 is 0. The number of likely N-dealkylation sites (tertiary alicyclic amines) is 1. The zero-order chi connectivity index (χ0) is 23.1. The molecule has 3 aromatic carbocycles. The van der Waals surface area contributed by atoms with E-state index in [1.165, 1.54) is 5.56 Å². The van der Waals surface area contributed by atoms with Gasteiger partial charge in [0.2, 0.25) is 5.95 Å². The Bertz CT molecular complexity index is 1350. The monoisotopic (exact) mass is 448 g/mol. The fourth-order valence-electron chi connectivity index (χ4n) is 5.67. The lowest BCUT2D eigenvalue weighted by atomic mass is 9.84. The van der Waals surface area contributed by atoms with Crippen LogP contribution in [0.2, 0.25) is 0 Å². The molecule has 5 nitrogen and oxygen atoms in total. The maximum Gasteiger partial charge on any atom is 0.254 e. The van der Waals surface area contributed by atoms with E-state index in [2.05, 4.69) is 39.9 Å². The Morgan fingerprint density at radius 3 is 2.29 bits per heavy atom. The van der Waals surface area contributed by atoms with E-state index in [1.807, 2.05) is 60.8 Å². The van der Waals surface area contributed by atoms with Gasteiger partial charge in [0.25, 0.3) is 5.91 Å². The number of aromatic nitrogens is 2. The molecule has 2 unspecified atom stereocenters. The number of carbonyl (C=O) groups is 1. The minimum absolute atomic E-state index is 0.143. The van der Waals surface area contributed by atoms with Crippen LogP contribution in [0.4, 0.5) is 5.95 Å². The molecule has 2 aliphatic heterocycles. The number of benzene rings is 3. The third kappa shape index (κ3) is 3.81. The van der Waals surface area contributed by atoms with Gasteiger partial charge in [0.15, 0.2) is 0 Å². The summed E-state index contributed by atoms with van der Waals surface area (Å²) in [5.41, 5.74) is 5.11. The molecule has 0 spiro atoms. The van der Waals surface area contributed by atoms with Gasteiger partial charge < -0.3 is 9.80 Å². The number of amides is 1. The molecule has 0 radical (unpaired) electrons. The average Bonchev–Trinajstić information content (AvgIpc) is 2.87. The van der Waals surface area contributed by atoms with Crippen molar-refractivity contribution in [2.24, 2.45) is 11.8 Å². The first kappa shape index (κ1) is 20.8. The molecule has 2 atom stereocenters. The second-order valence-electron chi connectivity index (χ2n) is 9.67. The van der Waals surface area contributed by atoms with Crippen LogP contribution in [-0.2, 0) is 0 Å². The van der Waals surface area contributed by atoms with Gasteiger partial charge in [-0.05, 0) is 54.0 Å². The molecular weight excluding hydrogens is 420 g/mol. The number of hydrogen-bond donors (Lipinski definition) is 0. The standard InChI is InChI=1S/C29H28N4O/c1-20-8-2-4-10-24(20)25-11-5-6-12-26(25)28(34)32-16-21-14-22(17-32)19-33(18-21)29-30-15-23-9-3-7-13-27(23)31-29/h2-13,15,21-22H,14,16-19H2,1H3. The van der Waals surface area contributed by atoms with E-state index in [0.717, 1.165) is 66.1 Å². The first-order valence-corrected chi connectivity index (χ1v) is 12.1. The van der Waals surface area contributed by atoms with E-state index < -0.39 is 0 Å². The molecule has 1 amide bonds. The van der Waals surface area contributed by atoms with Gasteiger partial charge in [-0.15, -0.1) is 0 Å². The van der Waals surface area contributed by atoms with Crippen molar-refractivity contribution in [3.63, 3.8) is 0 Å². The highest BCUT2D eigenvalue weighted by atomic mass is 16.2. The van der Waals surface area contributed by atoms with Gasteiger partial charge in [-0.1, -0.05) is 60.7 Å². The normalized spacial score (nSPS) is 19.9. The summed E-state index contributed by atoms with van der Waals surface area (Å²) in [5.74, 6) is 1.80. The Kier molecular flexibility index (Phi) is 5.25. The Balaban J connectivity index is 1.23. The molecule has 2 bridgehead atoms. The Morgan fingerprint density at radius 2 is 1.50 bits per heavy atom. The van der Waals surface area contributed by atoms with Crippen molar-refractivity contribution in [1.29, 1.82) is 0 Å². The van der Waals surface area contributed by atoms with E-state index in [4.69, 9.17) is 4.98 Å². The molecule has 170 valence electrons. The van der Waals surface area contributed by atoms with Gasteiger partial charge in [-0.2, -0.15) is 0 Å². The van der Waals surface area contributed by atoms with Crippen molar-refractivity contribution < 1.29 is 4.79 Å². The number of piperidine rings is 2. The highest BCUT2D eigenvalue weighted by molar-refractivity contribution is 6.01. The van der Waals surface area contributed by atoms with E-state index in [9.17, 15) is 4.79 Å². The predicted molar refractivity (Wildman–Crippen MR) is 136 cm³/mol. The number of nitrogens with zero attached hydrogens (tertiary/aromatic N) is 4. The van der Waals surface area contributed by atoms with Crippen molar-refractivity contribution in [2.45, 2.75) is 13.3 Å². The van der Waals surface area contributed by atoms with Crippen molar-refractivity contribution in [1.82, 2.24) is 14.9 Å². The number of aryl methyl sites for hydroxylation is 1. The third-order valence-electron chi connectivity index (χ3n) is 7.22. The second kappa shape index (κ2) is 8.56. The lowest BCUT2D eigenvalue weighted by Gasteiger charge is -2.46. The highest BCUT2D eigenvalue weighted by Crippen LogP contribution is 2.33.